The molecule has 0 aromatic rings. The summed E-state index contributed by atoms with van der Waals surface area (Å²) >= 11 is 0. The van der Waals surface area contributed by atoms with Gasteiger partial charge in [-0.15, -0.1) is 0 Å². The van der Waals surface area contributed by atoms with Crippen molar-refractivity contribution in [3.8, 4) is 0 Å². The zero-order chi connectivity index (χ0) is 16.7. The lowest BCUT2D eigenvalue weighted by Gasteiger charge is -2.25. The second-order valence-corrected chi connectivity index (χ2v) is 4.76. The highest BCUT2D eigenvalue weighted by molar-refractivity contribution is 5.86. The molecule has 0 rings (SSSR count). The number of carbonyl (C=O) groups is 1. The molecule has 2 nitrogen and oxygen atoms in total. The lowest BCUT2D eigenvalue weighted by atomic mass is 10.0. The standard InChI is InChI=1S/C13H19F6NO/c1-3-10(21)20(2)9-7-5-4-6-8-12(16,17)13(18,19)11(14)15/h3,11H,1,4-9H2,2H3. The van der Waals surface area contributed by atoms with E-state index in [2.05, 4.69) is 6.58 Å². The maximum absolute atomic E-state index is 12.9. The monoisotopic (exact) mass is 319 g/mol. The van der Waals surface area contributed by atoms with Crippen molar-refractivity contribution in [1.82, 2.24) is 4.90 Å². The van der Waals surface area contributed by atoms with Crippen LogP contribution in [0.3, 0.4) is 0 Å². The van der Waals surface area contributed by atoms with Gasteiger partial charge in [-0.25, -0.2) is 8.78 Å². The molecule has 0 fully saturated rings. The van der Waals surface area contributed by atoms with Crippen molar-refractivity contribution >= 4 is 5.91 Å². The van der Waals surface area contributed by atoms with Gasteiger partial charge in [0, 0.05) is 20.0 Å². The van der Waals surface area contributed by atoms with E-state index in [-0.39, 0.29) is 18.7 Å². The summed E-state index contributed by atoms with van der Waals surface area (Å²) in [4.78, 5) is 12.5. The van der Waals surface area contributed by atoms with Crippen molar-refractivity contribution in [2.24, 2.45) is 0 Å². The van der Waals surface area contributed by atoms with E-state index >= 15 is 0 Å². The van der Waals surface area contributed by atoms with Gasteiger partial charge in [0.25, 0.3) is 0 Å². The number of likely N-dealkylation sites (N-methyl/N-ethyl adjacent to an activating group) is 1. The molecule has 0 bridgehead atoms. The van der Waals surface area contributed by atoms with Crippen LogP contribution in [0.25, 0.3) is 0 Å². The average molecular weight is 319 g/mol. The number of halogens is 6. The molecule has 0 aromatic heterocycles. The van der Waals surface area contributed by atoms with Crippen molar-refractivity contribution in [2.45, 2.75) is 50.4 Å². The number of alkyl halides is 6. The van der Waals surface area contributed by atoms with Crippen LogP contribution in [-0.2, 0) is 4.79 Å². The number of carbonyl (C=O) groups excluding carboxylic acids is 1. The van der Waals surface area contributed by atoms with Crippen molar-refractivity contribution < 1.29 is 31.1 Å². The molecule has 21 heavy (non-hydrogen) atoms. The number of rotatable bonds is 10. The molecule has 0 aliphatic rings. The predicted molar refractivity (Wildman–Crippen MR) is 66.8 cm³/mol. The zero-order valence-corrected chi connectivity index (χ0v) is 11.7. The van der Waals surface area contributed by atoms with Gasteiger partial charge in [-0.3, -0.25) is 4.79 Å². The Morgan fingerprint density at radius 2 is 1.67 bits per heavy atom. The van der Waals surface area contributed by atoms with E-state index in [1.807, 2.05) is 0 Å². The highest BCUT2D eigenvalue weighted by Gasteiger charge is 2.61. The SMILES string of the molecule is C=CC(=O)N(C)CCCCCCC(F)(F)C(F)(F)C(F)F. The second kappa shape index (κ2) is 8.29. The molecule has 0 unspecified atom stereocenters. The minimum atomic E-state index is -5.30. The van der Waals surface area contributed by atoms with Gasteiger partial charge in [0.05, 0.1) is 0 Å². The molecule has 0 saturated heterocycles. The molecule has 124 valence electrons. The van der Waals surface area contributed by atoms with Crippen molar-refractivity contribution in [3.63, 3.8) is 0 Å². The molecular weight excluding hydrogens is 300 g/mol. The molecule has 0 aliphatic carbocycles. The number of unbranched alkanes of at least 4 members (excludes halogenated alkanes) is 3. The Labute approximate surface area is 119 Å². The Balaban J connectivity index is 3.96. The van der Waals surface area contributed by atoms with Crippen LogP contribution in [0, 0.1) is 0 Å². The number of hydrogen-bond acceptors (Lipinski definition) is 1. The normalized spacial score (nSPS) is 12.6. The summed E-state index contributed by atoms with van der Waals surface area (Å²) < 4.78 is 74.8. The Morgan fingerprint density at radius 3 is 2.14 bits per heavy atom. The van der Waals surface area contributed by atoms with E-state index < -0.39 is 24.7 Å². The minimum absolute atomic E-state index is 0.199. The summed E-state index contributed by atoms with van der Waals surface area (Å²) in [6.07, 6.45) is -3.68. The molecular formula is C13H19F6NO. The molecule has 0 aromatic carbocycles. The summed E-state index contributed by atoms with van der Waals surface area (Å²) in [7, 11) is 1.54. The van der Waals surface area contributed by atoms with Crippen LogP contribution in [0.2, 0.25) is 0 Å². The van der Waals surface area contributed by atoms with E-state index in [1.165, 1.54) is 4.90 Å². The van der Waals surface area contributed by atoms with Crippen LogP contribution in [0.4, 0.5) is 26.3 Å². The first-order chi connectivity index (χ1) is 9.56. The van der Waals surface area contributed by atoms with E-state index in [0.717, 1.165) is 6.08 Å². The average Bonchev–Trinajstić information content (AvgIpc) is 2.40. The lowest BCUT2D eigenvalue weighted by molar-refractivity contribution is -0.266. The van der Waals surface area contributed by atoms with E-state index in [0.29, 0.717) is 19.4 Å². The quantitative estimate of drug-likeness (QED) is 0.337. The molecule has 0 heterocycles. The molecule has 1 amide bonds. The Morgan fingerprint density at radius 1 is 1.14 bits per heavy atom. The molecule has 0 spiro atoms. The predicted octanol–water partition coefficient (Wildman–Crippen LogP) is 4.12. The van der Waals surface area contributed by atoms with Gasteiger partial charge < -0.3 is 4.90 Å². The number of hydrogen-bond donors (Lipinski definition) is 0. The van der Waals surface area contributed by atoms with Crippen molar-refractivity contribution in [2.75, 3.05) is 13.6 Å². The van der Waals surface area contributed by atoms with Gasteiger partial charge in [-0.05, 0) is 18.9 Å². The van der Waals surface area contributed by atoms with Gasteiger partial charge in [0.1, 0.15) is 0 Å². The summed E-state index contributed by atoms with van der Waals surface area (Å²) in [5, 5.41) is 0. The molecule has 0 aliphatic heterocycles. The Hall–Kier alpha value is -1.21. The fourth-order valence-electron chi connectivity index (χ4n) is 1.64. The van der Waals surface area contributed by atoms with Gasteiger partial charge >= 0.3 is 18.3 Å². The highest BCUT2D eigenvalue weighted by Crippen LogP contribution is 2.42. The fraction of sp³-hybridized carbons (Fsp3) is 0.769. The van der Waals surface area contributed by atoms with Crippen LogP contribution in [-0.4, -0.2) is 42.7 Å². The topological polar surface area (TPSA) is 20.3 Å². The van der Waals surface area contributed by atoms with Crippen LogP contribution in [0.1, 0.15) is 32.1 Å². The molecule has 0 atom stereocenters. The van der Waals surface area contributed by atoms with E-state index in [4.69, 9.17) is 0 Å². The molecule has 0 saturated carbocycles. The van der Waals surface area contributed by atoms with Crippen molar-refractivity contribution in [3.05, 3.63) is 12.7 Å². The van der Waals surface area contributed by atoms with Crippen molar-refractivity contribution in [1.29, 1.82) is 0 Å². The van der Waals surface area contributed by atoms with Gasteiger partial charge in [-0.1, -0.05) is 19.4 Å². The van der Waals surface area contributed by atoms with Gasteiger partial charge in [0.15, 0.2) is 0 Å². The third-order valence-corrected chi connectivity index (χ3v) is 3.05. The summed E-state index contributed by atoms with van der Waals surface area (Å²) in [5.41, 5.74) is 0. The summed E-state index contributed by atoms with van der Waals surface area (Å²) in [6.45, 7) is 3.68. The number of amides is 1. The third kappa shape index (κ3) is 5.97. The second-order valence-electron chi connectivity index (χ2n) is 4.76. The number of nitrogens with zero attached hydrogens (tertiary/aromatic N) is 1. The van der Waals surface area contributed by atoms with Crippen LogP contribution < -0.4 is 0 Å². The first-order valence-corrected chi connectivity index (χ1v) is 6.47. The van der Waals surface area contributed by atoms with Crippen LogP contribution >= 0.6 is 0 Å². The Bertz CT molecular complexity index is 346. The van der Waals surface area contributed by atoms with Gasteiger partial charge in [0.2, 0.25) is 5.91 Å². The third-order valence-electron chi connectivity index (χ3n) is 3.05. The van der Waals surface area contributed by atoms with Gasteiger partial charge in [-0.2, -0.15) is 17.6 Å². The Kier molecular flexibility index (Phi) is 7.81. The lowest BCUT2D eigenvalue weighted by Crippen LogP contribution is -2.46. The van der Waals surface area contributed by atoms with Crippen LogP contribution in [0.5, 0.6) is 0 Å². The van der Waals surface area contributed by atoms with E-state index in [9.17, 15) is 31.1 Å². The minimum Gasteiger partial charge on any atom is -0.342 e. The zero-order valence-electron chi connectivity index (χ0n) is 11.7. The molecule has 0 N–H and O–H groups in total. The van der Waals surface area contributed by atoms with E-state index in [1.54, 1.807) is 7.05 Å². The smallest absolute Gasteiger partial charge is 0.342 e. The summed E-state index contributed by atoms with van der Waals surface area (Å²) in [5.74, 6) is -10.3. The largest absolute Gasteiger partial charge is 0.369 e. The fourth-order valence-corrected chi connectivity index (χ4v) is 1.64. The van der Waals surface area contributed by atoms with Crippen LogP contribution in [0.15, 0.2) is 12.7 Å². The maximum atomic E-state index is 12.9. The highest BCUT2D eigenvalue weighted by atomic mass is 19.3. The molecule has 0 radical (unpaired) electrons. The summed E-state index contributed by atoms with van der Waals surface area (Å²) in [6, 6.07) is 0. The maximum Gasteiger partial charge on any atom is 0.369 e. The molecule has 8 heteroatoms. The first kappa shape index (κ1) is 19.8. The first-order valence-electron chi connectivity index (χ1n) is 6.47.